The third-order valence-electron chi connectivity index (χ3n) is 4.16. The molecule has 1 aromatic carbocycles. The minimum Gasteiger partial charge on any atom is -0.435 e. The zero-order valence-electron chi connectivity index (χ0n) is 16.0. The molecular formula is C19H25F2N3O2S. The monoisotopic (exact) mass is 397 g/mol. The summed E-state index contributed by atoms with van der Waals surface area (Å²) in [4.78, 5) is 17.1. The molecule has 2 rings (SSSR count). The number of benzene rings is 1. The molecule has 1 unspecified atom stereocenters. The zero-order valence-corrected chi connectivity index (χ0v) is 16.8. The Morgan fingerprint density at radius 3 is 2.56 bits per heavy atom. The Labute approximate surface area is 162 Å². The predicted molar refractivity (Wildman–Crippen MR) is 104 cm³/mol. The van der Waals surface area contributed by atoms with E-state index >= 15 is 0 Å². The smallest absolute Gasteiger partial charge is 0.387 e. The van der Waals surface area contributed by atoms with Crippen molar-refractivity contribution < 1.29 is 18.3 Å². The van der Waals surface area contributed by atoms with Gasteiger partial charge in [0.2, 0.25) is 5.91 Å². The van der Waals surface area contributed by atoms with E-state index in [-0.39, 0.29) is 16.9 Å². The number of aryl methyl sites for hydroxylation is 1. The highest BCUT2D eigenvalue weighted by Crippen LogP contribution is 2.27. The zero-order chi connectivity index (χ0) is 20.0. The number of unbranched alkanes of at least 4 members (excludes halogenated alkanes) is 1. The van der Waals surface area contributed by atoms with Crippen LogP contribution in [0.15, 0.2) is 29.4 Å². The topological polar surface area (TPSA) is 56.2 Å². The molecule has 8 heteroatoms. The number of imidazole rings is 1. The summed E-state index contributed by atoms with van der Waals surface area (Å²) in [5.74, 6) is -0.128. The van der Waals surface area contributed by atoms with Gasteiger partial charge in [-0.25, -0.2) is 4.98 Å². The number of carbonyl (C=O) groups is 1. The molecule has 2 aromatic rings. The lowest BCUT2D eigenvalue weighted by Crippen LogP contribution is -2.23. The van der Waals surface area contributed by atoms with Gasteiger partial charge in [0.1, 0.15) is 5.75 Å². The quantitative estimate of drug-likeness (QED) is 0.604. The maximum absolute atomic E-state index is 12.5. The van der Waals surface area contributed by atoms with E-state index in [0.717, 1.165) is 35.9 Å². The molecule has 1 heterocycles. The third kappa shape index (κ3) is 5.95. The highest BCUT2D eigenvalue weighted by atomic mass is 32.2. The number of hydrogen-bond acceptors (Lipinski definition) is 4. The van der Waals surface area contributed by atoms with Crippen molar-refractivity contribution >= 4 is 23.4 Å². The van der Waals surface area contributed by atoms with Crippen molar-refractivity contribution in [2.45, 2.75) is 64.1 Å². The van der Waals surface area contributed by atoms with E-state index in [1.54, 1.807) is 0 Å². The molecule has 0 aliphatic heterocycles. The van der Waals surface area contributed by atoms with Gasteiger partial charge in [0.25, 0.3) is 0 Å². The largest absolute Gasteiger partial charge is 0.435 e. The maximum atomic E-state index is 12.5. The number of halogens is 2. The van der Waals surface area contributed by atoms with Crippen LogP contribution in [0.4, 0.5) is 14.5 Å². The molecule has 0 saturated heterocycles. The first-order chi connectivity index (χ1) is 12.8. The van der Waals surface area contributed by atoms with Crippen LogP contribution >= 0.6 is 11.8 Å². The van der Waals surface area contributed by atoms with Crippen LogP contribution in [0.3, 0.4) is 0 Å². The molecular weight excluding hydrogens is 372 g/mol. The van der Waals surface area contributed by atoms with Crippen LogP contribution in [-0.2, 0) is 11.3 Å². The van der Waals surface area contributed by atoms with E-state index < -0.39 is 6.61 Å². The summed E-state index contributed by atoms with van der Waals surface area (Å²) < 4.78 is 30.8. The Morgan fingerprint density at radius 1 is 1.30 bits per heavy atom. The number of hydrogen-bond donors (Lipinski definition) is 1. The van der Waals surface area contributed by atoms with Gasteiger partial charge in [-0.05, 0) is 51.5 Å². The van der Waals surface area contributed by atoms with Gasteiger partial charge in [0.05, 0.1) is 10.9 Å². The van der Waals surface area contributed by atoms with Crippen LogP contribution < -0.4 is 10.1 Å². The fraction of sp³-hybridized carbons (Fsp3) is 0.474. The summed E-state index contributed by atoms with van der Waals surface area (Å²) in [7, 11) is 0. The summed E-state index contributed by atoms with van der Waals surface area (Å²) in [6.45, 7) is 5.97. The summed E-state index contributed by atoms with van der Waals surface area (Å²) in [5.41, 5.74) is 2.61. The van der Waals surface area contributed by atoms with Gasteiger partial charge in [-0.15, -0.1) is 0 Å². The van der Waals surface area contributed by atoms with Crippen molar-refractivity contribution in [3.8, 4) is 5.75 Å². The predicted octanol–water partition coefficient (Wildman–Crippen LogP) is 5.02. The second-order valence-electron chi connectivity index (χ2n) is 6.22. The highest BCUT2D eigenvalue weighted by Gasteiger charge is 2.20. The Morgan fingerprint density at radius 2 is 1.96 bits per heavy atom. The number of anilines is 1. The standard InChI is InChI=1S/C19H25F2N3O2S/c1-5-6-11-24-13(3)12(2)22-19(24)27-14(4)17(25)23-15-7-9-16(10-8-15)26-18(20)21/h7-10,14,18H,5-6,11H2,1-4H3,(H,23,25). The molecule has 0 aliphatic carbocycles. The minimum absolute atomic E-state index is 0.0503. The second kappa shape index (κ2) is 9.73. The van der Waals surface area contributed by atoms with Crippen LogP contribution in [0, 0.1) is 13.8 Å². The fourth-order valence-electron chi connectivity index (χ4n) is 2.47. The molecule has 0 spiro atoms. The van der Waals surface area contributed by atoms with Crippen molar-refractivity contribution in [2.75, 3.05) is 5.32 Å². The summed E-state index contributed by atoms with van der Waals surface area (Å²) in [5, 5.41) is 3.26. The summed E-state index contributed by atoms with van der Waals surface area (Å²) in [6, 6.07) is 5.85. The Hall–Kier alpha value is -2.09. The Kier molecular flexibility index (Phi) is 7.65. The number of aromatic nitrogens is 2. The van der Waals surface area contributed by atoms with Crippen molar-refractivity contribution in [2.24, 2.45) is 0 Å². The first-order valence-corrected chi connectivity index (χ1v) is 9.76. The number of ether oxygens (including phenoxy) is 1. The van der Waals surface area contributed by atoms with Crippen molar-refractivity contribution in [1.29, 1.82) is 0 Å². The number of thioether (sulfide) groups is 1. The second-order valence-corrected chi connectivity index (χ2v) is 7.53. The van der Waals surface area contributed by atoms with Gasteiger partial charge in [0.15, 0.2) is 5.16 Å². The van der Waals surface area contributed by atoms with E-state index in [1.807, 2.05) is 20.8 Å². The third-order valence-corrected chi connectivity index (χ3v) is 5.25. The Balaban J connectivity index is 2.00. The normalized spacial score (nSPS) is 12.3. The molecule has 1 aromatic heterocycles. The maximum Gasteiger partial charge on any atom is 0.387 e. The minimum atomic E-state index is -2.87. The van der Waals surface area contributed by atoms with Gasteiger partial charge in [-0.1, -0.05) is 25.1 Å². The molecule has 0 saturated carbocycles. The van der Waals surface area contributed by atoms with Crippen molar-refractivity contribution in [1.82, 2.24) is 9.55 Å². The fourth-order valence-corrected chi connectivity index (χ4v) is 3.50. The van der Waals surface area contributed by atoms with E-state index in [1.165, 1.54) is 36.0 Å². The molecule has 1 amide bonds. The number of nitrogens with zero attached hydrogens (tertiary/aromatic N) is 2. The number of carbonyl (C=O) groups excluding carboxylic acids is 1. The lowest BCUT2D eigenvalue weighted by molar-refractivity contribution is -0.115. The van der Waals surface area contributed by atoms with Crippen LogP contribution in [-0.4, -0.2) is 27.3 Å². The SMILES string of the molecule is CCCCn1c(SC(C)C(=O)Nc2ccc(OC(F)F)cc2)nc(C)c1C. The molecule has 27 heavy (non-hydrogen) atoms. The van der Waals surface area contributed by atoms with E-state index in [0.29, 0.717) is 5.69 Å². The average molecular weight is 397 g/mol. The molecule has 148 valence electrons. The van der Waals surface area contributed by atoms with Gasteiger partial charge in [0, 0.05) is 17.9 Å². The van der Waals surface area contributed by atoms with E-state index in [2.05, 4.69) is 26.5 Å². The van der Waals surface area contributed by atoms with Crippen LogP contribution in [0.5, 0.6) is 5.75 Å². The molecule has 0 fully saturated rings. The number of alkyl halides is 2. The van der Waals surface area contributed by atoms with Gasteiger partial charge in [-0.2, -0.15) is 8.78 Å². The van der Waals surface area contributed by atoms with Crippen LogP contribution in [0.1, 0.15) is 38.1 Å². The molecule has 1 atom stereocenters. The lowest BCUT2D eigenvalue weighted by atomic mass is 10.3. The van der Waals surface area contributed by atoms with E-state index in [9.17, 15) is 13.6 Å². The van der Waals surface area contributed by atoms with Crippen LogP contribution in [0.25, 0.3) is 0 Å². The van der Waals surface area contributed by atoms with Crippen molar-refractivity contribution in [3.05, 3.63) is 35.7 Å². The number of amides is 1. The molecule has 0 bridgehead atoms. The van der Waals surface area contributed by atoms with Gasteiger partial charge >= 0.3 is 6.61 Å². The highest BCUT2D eigenvalue weighted by molar-refractivity contribution is 8.00. The summed E-state index contributed by atoms with van der Waals surface area (Å²) in [6.07, 6.45) is 2.14. The Bertz CT molecular complexity index is 763. The average Bonchev–Trinajstić information content (AvgIpc) is 2.88. The van der Waals surface area contributed by atoms with Crippen LogP contribution in [0.2, 0.25) is 0 Å². The van der Waals surface area contributed by atoms with Crippen molar-refractivity contribution in [3.63, 3.8) is 0 Å². The van der Waals surface area contributed by atoms with Gasteiger partial charge in [-0.3, -0.25) is 4.79 Å². The molecule has 0 radical (unpaired) electrons. The lowest BCUT2D eigenvalue weighted by Gasteiger charge is -2.14. The molecule has 0 aliphatic rings. The number of rotatable bonds is 9. The first-order valence-electron chi connectivity index (χ1n) is 8.88. The first kappa shape index (κ1) is 21.2. The number of nitrogens with one attached hydrogen (secondary N) is 1. The van der Waals surface area contributed by atoms with Gasteiger partial charge < -0.3 is 14.6 Å². The molecule has 1 N–H and O–H groups in total. The van der Waals surface area contributed by atoms with E-state index in [4.69, 9.17) is 0 Å². The summed E-state index contributed by atoms with van der Waals surface area (Å²) >= 11 is 1.41. The molecule has 5 nitrogen and oxygen atoms in total.